The van der Waals surface area contributed by atoms with Crippen LogP contribution in [0.25, 0.3) is 22.4 Å². The molecule has 1 aliphatic heterocycles. The SMILES string of the molecule is Clc1ccc(-c2nc(CSc3nc(CN4CCOCC4)nc4ccccc34)co2)cc1. The number of hydrogen-bond acceptors (Lipinski definition) is 7. The van der Waals surface area contributed by atoms with E-state index in [4.69, 9.17) is 30.7 Å². The van der Waals surface area contributed by atoms with Gasteiger partial charge in [0.1, 0.15) is 17.1 Å². The molecular weight excluding hydrogens is 432 g/mol. The van der Waals surface area contributed by atoms with Crippen molar-refractivity contribution >= 4 is 34.3 Å². The van der Waals surface area contributed by atoms with Gasteiger partial charge in [0.2, 0.25) is 5.89 Å². The van der Waals surface area contributed by atoms with Gasteiger partial charge >= 0.3 is 0 Å². The molecule has 1 fully saturated rings. The molecule has 0 amide bonds. The Labute approximate surface area is 189 Å². The van der Waals surface area contributed by atoms with Crippen LogP contribution >= 0.6 is 23.4 Å². The van der Waals surface area contributed by atoms with Crippen molar-refractivity contribution in [3.63, 3.8) is 0 Å². The van der Waals surface area contributed by atoms with Crippen molar-refractivity contribution < 1.29 is 9.15 Å². The van der Waals surface area contributed by atoms with E-state index in [1.165, 1.54) is 0 Å². The molecule has 8 heteroatoms. The van der Waals surface area contributed by atoms with Gasteiger partial charge in [0, 0.05) is 34.8 Å². The molecule has 1 saturated heterocycles. The lowest BCUT2D eigenvalue weighted by atomic mass is 10.2. The van der Waals surface area contributed by atoms with Gasteiger partial charge in [0.05, 0.1) is 31.0 Å². The molecule has 6 nitrogen and oxygen atoms in total. The Balaban J connectivity index is 1.35. The van der Waals surface area contributed by atoms with Gasteiger partial charge in [-0.3, -0.25) is 4.90 Å². The summed E-state index contributed by atoms with van der Waals surface area (Å²) in [6, 6.07) is 15.6. The van der Waals surface area contributed by atoms with Crippen LogP contribution in [0.5, 0.6) is 0 Å². The van der Waals surface area contributed by atoms with E-state index in [0.717, 1.165) is 65.9 Å². The minimum absolute atomic E-state index is 0.591. The molecule has 31 heavy (non-hydrogen) atoms. The Bertz CT molecular complexity index is 1180. The molecule has 158 valence electrons. The quantitative estimate of drug-likeness (QED) is 0.299. The highest BCUT2D eigenvalue weighted by atomic mass is 35.5. The summed E-state index contributed by atoms with van der Waals surface area (Å²) in [5.74, 6) is 2.09. The number of fused-ring (bicyclic) bond motifs is 1. The van der Waals surface area contributed by atoms with Gasteiger partial charge in [-0.15, -0.1) is 0 Å². The first-order valence-electron chi connectivity index (χ1n) is 10.1. The normalized spacial score (nSPS) is 14.9. The van der Waals surface area contributed by atoms with E-state index < -0.39 is 0 Å². The molecule has 0 spiro atoms. The number of aromatic nitrogens is 3. The Kier molecular flexibility index (Phi) is 6.18. The fourth-order valence-electron chi connectivity index (χ4n) is 3.47. The summed E-state index contributed by atoms with van der Waals surface area (Å²) in [6.07, 6.45) is 1.70. The van der Waals surface area contributed by atoms with Crippen LogP contribution in [-0.4, -0.2) is 46.2 Å². The predicted molar refractivity (Wildman–Crippen MR) is 122 cm³/mol. The predicted octanol–water partition coefficient (Wildman–Crippen LogP) is 5.06. The van der Waals surface area contributed by atoms with Crippen LogP contribution in [0.1, 0.15) is 11.5 Å². The molecule has 0 saturated carbocycles. The molecule has 0 aliphatic carbocycles. The minimum Gasteiger partial charge on any atom is -0.444 e. The van der Waals surface area contributed by atoms with E-state index in [-0.39, 0.29) is 0 Å². The lowest BCUT2D eigenvalue weighted by Gasteiger charge is -2.25. The highest BCUT2D eigenvalue weighted by Gasteiger charge is 2.15. The molecule has 0 atom stereocenters. The lowest BCUT2D eigenvalue weighted by molar-refractivity contribution is 0.0330. The second-order valence-corrected chi connectivity index (χ2v) is 8.69. The van der Waals surface area contributed by atoms with Gasteiger partial charge in [0.25, 0.3) is 0 Å². The summed E-state index contributed by atoms with van der Waals surface area (Å²) in [5, 5.41) is 2.71. The maximum absolute atomic E-state index is 5.97. The third kappa shape index (κ3) is 4.91. The van der Waals surface area contributed by atoms with Crippen molar-refractivity contribution in [1.29, 1.82) is 0 Å². The van der Waals surface area contributed by atoms with E-state index >= 15 is 0 Å². The average molecular weight is 453 g/mol. The van der Waals surface area contributed by atoms with Crippen LogP contribution in [0.3, 0.4) is 0 Å². The zero-order valence-electron chi connectivity index (χ0n) is 16.8. The van der Waals surface area contributed by atoms with E-state index in [2.05, 4.69) is 16.0 Å². The fourth-order valence-corrected chi connectivity index (χ4v) is 4.52. The largest absolute Gasteiger partial charge is 0.444 e. The van der Waals surface area contributed by atoms with Crippen LogP contribution < -0.4 is 0 Å². The first kappa shape index (κ1) is 20.5. The van der Waals surface area contributed by atoms with E-state index in [1.807, 2.05) is 42.5 Å². The summed E-state index contributed by atoms with van der Waals surface area (Å²) in [7, 11) is 0. The van der Waals surface area contributed by atoms with Gasteiger partial charge in [-0.1, -0.05) is 41.6 Å². The maximum atomic E-state index is 5.97. The number of oxazole rings is 1. The van der Waals surface area contributed by atoms with Crippen LogP contribution in [-0.2, 0) is 17.0 Å². The number of nitrogens with zero attached hydrogens (tertiary/aromatic N) is 4. The highest BCUT2D eigenvalue weighted by molar-refractivity contribution is 7.98. The number of morpholine rings is 1. The molecule has 5 rings (SSSR count). The Hall–Kier alpha value is -2.45. The zero-order chi connectivity index (χ0) is 21.0. The smallest absolute Gasteiger partial charge is 0.226 e. The van der Waals surface area contributed by atoms with Crippen molar-refractivity contribution in [2.45, 2.75) is 17.3 Å². The third-order valence-electron chi connectivity index (χ3n) is 5.08. The van der Waals surface area contributed by atoms with Gasteiger partial charge < -0.3 is 9.15 Å². The number of ether oxygens (including phenoxy) is 1. The van der Waals surface area contributed by atoms with Gasteiger partial charge in [-0.25, -0.2) is 15.0 Å². The second-order valence-electron chi connectivity index (χ2n) is 7.29. The standard InChI is InChI=1S/C23H21ClN4O2S/c24-17-7-5-16(6-8-17)22-25-18(14-30-22)15-31-23-19-3-1-2-4-20(19)26-21(27-23)13-28-9-11-29-12-10-28/h1-8,14H,9-13,15H2. The van der Waals surface area contributed by atoms with Crippen LogP contribution in [0.4, 0.5) is 0 Å². The monoisotopic (exact) mass is 452 g/mol. The van der Waals surface area contributed by atoms with Crippen LogP contribution in [0.15, 0.2) is 64.2 Å². The number of rotatable bonds is 6. The first-order chi connectivity index (χ1) is 15.2. The van der Waals surface area contributed by atoms with Crippen LogP contribution in [0, 0.1) is 0 Å². The molecule has 0 N–H and O–H groups in total. The second kappa shape index (κ2) is 9.36. The number of para-hydroxylation sites is 1. The molecule has 0 bridgehead atoms. The molecule has 1 aliphatic rings. The molecule has 2 aromatic heterocycles. The van der Waals surface area contributed by atoms with Gasteiger partial charge in [-0.05, 0) is 30.3 Å². The van der Waals surface area contributed by atoms with Crippen molar-refractivity contribution in [3.05, 3.63) is 71.3 Å². The molecule has 3 heterocycles. The highest BCUT2D eigenvalue weighted by Crippen LogP contribution is 2.29. The van der Waals surface area contributed by atoms with Gasteiger partial charge in [-0.2, -0.15) is 0 Å². The van der Waals surface area contributed by atoms with E-state index in [1.54, 1.807) is 18.0 Å². The molecule has 0 unspecified atom stereocenters. The molecular formula is C23H21ClN4O2S. The summed E-state index contributed by atoms with van der Waals surface area (Å²) in [4.78, 5) is 16.6. The maximum Gasteiger partial charge on any atom is 0.226 e. The first-order valence-corrected chi connectivity index (χ1v) is 11.5. The van der Waals surface area contributed by atoms with E-state index in [9.17, 15) is 0 Å². The fraction of sp³-hybridized carbons (Fsp3) is 0.261. The van der Waals surface area contributed by atoms with Gasteiger partial charge in [0.15, 0.2) is 0 Å². The number of halogens is 1. The topological polar surface area (TPSA) is 64.3 Å². The Morgan fingerprint density at radius 1 is 0.968 bits per heavy atom. The van der Waals surface area contributed by atoms with Crippen molar-refractivity contribution in [1.82, 2.24) is 19.9 Å². The summed E-state index contributed by atoms with van der Waals surface area (Å²) in [5.41, 5.74) is 2.73. The van der Waals surface area contributed by atoms with Crippen molar-refractivity contribution in [2.24, 2.45) is 0 Å². The van der Waals surface area contributed by atoms with Crippen LogP contribution in [0.2, 0.25) is 5.02 Å². The summed E-state index contributed by atoms with van der Waals surface area (Å²) in [6.45, 7) is 4.07. The Morgan fingerprint density at radius 3 is 2.61 bits per heavy atom. The number of hydrogen-bond donors (Lipinski definition) is 0. The zero-order valence-corrected chi connectivity index (χ0v) is 18.4. The van der Waals surface area contributed by atoms with Crippen molar-refractivity contribution in [3.8, 4) is 11.5 Å². The molecule has 2 aromatic carbocycles. The average Bonchev–Trinajstić information content (AvgIpc) is 3.28. The lowest BCUT2D eigenvalue weighted by Crippen LogP contribution is -2.36. The number of benzene rings is 2. The minimum atomic E-state index is 0.591. The third-order valence-corrected chi connectivity index (χ3v) is 6.36. The Morgan fingerprint density at radius 2 is 1.77 bits per heavy atom. The summed E-state index contributed by atoms with van der Waals surface area (Å²) < 4.78 is 11.1. The van der Waals surface area contributed by atoms with E-state index in [0.29, 0.717) is 16.7 Å². The molecule has 0 radical (unpaired) electrons. The number of thioether (sulfide) groups is 1. The van der Waals surface area contributed by atoms with Crippen molar-refractivity contribution in [2.75, 3.05) is 26.3 Å². The molecule has 4 aromatic rings. The summed E-state index contributed by atoms with van der Waals surface area (Å²) >= 11 is 7.62.